The van der Waals surface area contributed by atoms with Crippen LogP contribution in [0.3, 0.4) is 0 Å². The van der Waals surface area contributed by atoms with E-state index < -0.39 is 15.3 Å². The smallest absolute Gasteiger partial charge is 0.211 e. The third-order valence-electron chi connectivity index (χ3n) is 2.47. The average Bonchev–Trinajstić information content (AvgIpc) is 2.30. The molecule has 0 bridgehead atoms. The zero-order valence-corrected chi connectivity index (χ0v) is 11.0. The Morgan fingerprint density at radius 3 is 2.39 bits per heavy atom. The van der Waals surface area contributed by atoms with E-state index in [4.69, 9.17) is 5.26 Å². The molecule has 0 heterocycles. The number of hydrogen-bond donors (Lipinski definition) is 1. The number of halogens is 1. The van der Waals surface area contributed by atoms with Gasteiger partial charge in [-0.3, -0.25) is 0 Å². The van der Waals surface area contributed by atoms with Crippen LogP contribution in [0.4, 0.5) is 4.39 Å². The van der Waals surface area contributed by atoms with Crippen molar-refractivity contribution in [3.05, 3.63) is 35.6 Å². The summed E-state index contributed by atoms with van der Waals surface area (Å²) in [6.07, 6.45) is 0.442. The quantitative estimate of drug-likeness (QED) is 0.883. The number of hydrogen-bond acceptors (Lipinski definition) is 3. The van der Waals surface area contributed by atoms with Gasteiger partial charge in [-0.15, -0.1) is 0 Å². The summed E-state index contributed by atoms with van der Waals surface area (Å²) >= 11 is 0. The van der Waals surface area contributed by atoms with Crippen LogP contribution < -0.4 is 4.72 Å². The van der Waals surface area contributed by atoms with Crippen molar-refractivity contribution in [2.75, 3.05) is 0 Å². The van der Waals surface area contributed by atoms with Crippen molar-refractivity contribution in [3.63, 3.8) is 0 Å². The molecule has 1 aromatic rings. The first-order chi connectivity index (χ1) is 8.35. The topological polar surface area (TPSA) is 70.0 Å². The predicted molar refractivity (Wildman–Crippen MR) is 66.7 cm³/mol. The monoisotopic (exact) mass is 270 g/mol. The van der Waals surface area contributed by atoms with Crippen molar-refractivity contribution in [1.29, 1.82) is 5.26 Å². The van der Waals surface area contributed by atoms with Crippen LogP contribution in [-0.2, 0) is 16.4 Å². The molecular formula is C12H15FN2O2S. The number of sulfonamides is 1. The van der Waals surface area contributed by atoms with Gasteiger partial charge in [-0.1, -0.05) is 12.1 Å². The average molecular weight is 270 g/mol. The van der Waals surface area contributed by atoms with Gasteiger partial charge in [0.1, 0.15) is 5.82 Å². The number of rotatable bonds is 5. The van der Waals surface area contributed by atoms with Crippen molar-refractivity contribution < 1.29 is 12.8 Å². The normalized spacial score (nSPS) is 14.8. The van der Waals surface area contributed by atoms with Gasteiger partial charge in [-0.2, -0.15) is 5.26 Å². The van der Waals surface area contributed by atoms with Crippen LogP contribution in [0.5, 0.6) is 0 Å². The highest BCUT2D eigenvalue weighted by molar-refractivity contribution is 7.90. The van der Waals surface area contributed by atoms with E-state index >= 15 is 0 Å². The van der Waals surface area contributed by atoms with Gasteiger partial charge >= 0.3 is 0 Å². The first-order valence-electron chi connectivity index (χ1n) is 5.50. The lowest BCUT2D eigenvalue weighted by Gasteiger charge is -2.15. The van der Waals surface area contributed by atoms with Crippen LogP contribution in [0.25, 0.3) is 0 Å². The van der Waals surface area contributed by atoms with Gasteiger partial charge < -0.3 is 0 Å². The lowest BCUT2D eigenvalue weighted by molar-refractivity contribution is 0.555. The summed E-state index contributed by atoms with van der Waals surface area (Å²) in [7, 11) is -3.62. The molecule has 0 radical (unpaired) electrons. The molecule has 4 nitrogen and oxygen atoms in total. The van der Waals surface area contributed by atoms with Crippen molar-refractivity contribution in [2.24, 2.45) is 0 Å². The second-order valence-electron chi connectivity index (χ2n) is 4.17. The van der Waals surface area contributed by atoms with E-state index in [2.05, 4.69) is 4.72 Å². The van der Waals surface area contributed by atoms with Crippen LogP contribution in [0, 0.1) is 17.1 Å². The van der Waals surface area contributed by atoms with E-state index in [9.17, 15) is 12.8 Å². The second-order valence-corrected chi connectivity index (χ2v) is 6.20. The van der Waals surface area contributed by atoms with E-state index in [-0.39, 0.29) is 11.9 Å². The SMILES string of the molecule is CC(Cc1ccc(F)cc1)NS(=O)(=O)C(C)C#N. The van der Waals surface area contributed by atoms with Crippen molar-refractivity contribution in [1.82, 2.24) is 4.72 Å². The van der Waals surface area contributed by atoms with E-state index in [1.54, 1.807) is 25.1 Å². The Morgan fingerprint density at radius 1 is 1.33 bits per heavy atom. The molecule has 0 spiro atoms. The maximum absolute atomic E-state index is 12.7. The molecule has 18 heavy (non-hydrogen) atoms. The van der Waals surface area contributed by atoms with Gasteiger partial charge in [-0.25, -0.2) is 17.5 Å². The third-order valence-corrected chi connectivity index (χ3v) is 4.24. The number of benzene rings is 1. The first kappa shape index (κ1) is 14.6. The summed E-state index contributed by atoms with van der Waals surface area (Å²) in [5, 5.41) is 7.50. The fourth-order valence-electron chi connectivity index (χ4n) is 1.47. The summed E-state index contributed by atoms with van der Waals surface area (Å²) in [4.78, 5) is 0. The van der Waals surface area contributed by atoms with E-state index in [1.165, 1.54) is 19.1 Å². The Bertz CT molecular complexity index is 534. The molecule has 1 N–H and O–H groups in total. The highest BCUT2D eigenvalue weighted by Gasteiger charge is 2.22. The molecule has 1 rings (SSSR count). The molecule has 0 aliphatic heterocycles. The fraction of sp³-hybridized carbons (Fsp3) is 0.417. The summed E-state index contributed by atoms with van der Waals surface area (Å²) in [5.41, 5.74) is 0.830. The van der Waals surface area contributed by atoms with Gasteiger partial charge in [-0.05, 0) is 38.0 Å². The maximum Gasteiger partial charge on any atom is 0.227 e. The summed E-state index contributed by atoms with van der Waals surface area (Å²) in [6.45, 7) is 3.03. The molecule has 98 valence electrons. The Morgan fingerprint density at radius 2 is 1.89 bits per heavy atom. The van der Waals surface area contributed by atoms with Crippen LogP contribution in [0.15, 0.2) is 24.3 Å². The van der Waals surface area contributed by atoms with E-state index in [0.29, 0.717) is 6.42 Å². The zero-order valence-electron chi connectivity index (χ0n) is 10.2. The second kappa shape index (κ2) is 5.94. The van der Waals surface area contributed by atoms with E-state index in [1.807, 2.05) is 0 Å². The van der Waals surface area contributed by atoms with Crippen LogP contribution in [0.2, 0.25) is 0 Å². The maximum atomic E-state index is 12.7. The van der Waals surface area contributed by atoms with Crippen LogP contribution in [0.1, 0.15) is 19.4 Å². The van der Waals surface area contributed by atoms with Crippen LogP contribution in [-0.4, -0.2) is 19.7 Å². The fourth-order valence-corrected chi connectivity index (χ4v) is 2.45. The van der Waals surface area contributed by atoms with Gasteiger partial charge in [0.05, 0.1) is 6.07 Å². The highest BCUT2D eigenvalue weighted by atomic mass is 32.2. The minimum absolute atomic E-state index is 0.329. The Hall–Kier alpha value is -1.45. The molecule has 2 unspecified atom stereocenters. The summed E-state index contributed by atoms with van der Waals surface area (Å²) < 4.78 is 38.4. The lowest BCUT2D eigenvalue weighted by Crippen LogP contribution is -2.39. The molecule has 0 saturated carbocycles. The van der Waals surface area contributed by atoms with Crippen molar-refractivity contribution in [2.45, 2.75) is 31.6 Å². The Balaban J connectivity index is 2.65. The van der Waals surface area contributed by atoms with Gasteiger partial charge in [0.15, 0.2) is 5.25 Å². The Kier molecular flexibility index (Phi) is 4.82. The standard InChI is InChI=1S/C12H15FN2O2S/c1-9(15-18(16,17)10(2)8-14)7-11-3-5-12(13)6-4-11/h3-6,9-10,15H,7H2,1-2H3. The molecule has 0 fully saturated rings. The summed E-state index contributed by atoms with van der Waals surface area (Å²) in [5.74, 6) is -0.329. The number of nitriles is 1. The highest BCUT2D eigenvalue weighted by Crippen LogP contribution is 2.07. The zero-order chi connectivity index (χ0) is 13.8. The first-order valence-corrected chi connectivity index (χ1v) is 7.05. The number of nitrogens with zero attached hydrogens (tertiary/aromatic N) is 1. The third kappa shape index (κ3) is 4.09. The van der Waals surface area contributed by atoms with E-state index in [0.717, 1.165) is 5.56 Å². The lowest BCUT2D eigenvalue weighted by atomic mass is 10.1. The van der Waals surface area contributed by atoms with Crippen molar-refractivity contribution in [3.8, 4) is 6.07 Å². The molecule has 0 saturated heterocycles. The van der Waals surface area contributed by atoms with Crippen molar-refractivity contribution >= 4 is 10.0 Å². The largest absolute Gasteiger partial charge is 0.227 e. The summed E-state index contributed by atoms with van der Waals surface area (Å²) in [6, 6.07) is 7.20. The molecule has 0 aliphatic rings. The molecule has 2 atom stereocenters. The van der Waals surface area contributed by atoms with Gasteiger partial charge in [0.25, 0.3) is 0 Å². The van der Waals surface area contributed by atoms with Gasteiger partial charge in [0, 0.05) is 6.04 Å². The molecule has 0 amide bonds. The predicted octanol–water partition coefficient (Wildman–Crippen LogP) is 1.59. The molecule has 6 heteroatoms. The Labute approximate surface area is 106 Å². The molecule has 1 aromatic carbocycles. The van der Waals surface area contributed by atoms with Gasteiger partial charge in [0.2, 0.25) is 10.0 Å². The van der Waals surface area contributed by atoms with Crippen LogP contribution >= 0.6 is 0 Å². The minimum Gasteiger partial charge on any atom is -0.211 e. The molecule has 0 aliphatic carbocycles. The minimum atomic E-state index is -3.62. The number of nitrogens with one attached hydrogen (secondary N) is 1. The molecular weight excluding hydrogens is 255 g/mol. The molecule has 0 aromatic heterocycles.